The third-order valence-corrected chi connectivity index (χ3v) is 4.43. The Labute approximate surface area is 157 Å². The summed E-state index contributed by atoms with van der Waals surface area (Å²) in [4.78, 5) is 33.4. The van der Waals surface area contributed by atoms with Crippen LogP contribution in [0.15, 0.2) is 0 Å². The number of ketones is 1. The van der Waals surface area contributed by atoms with Gasteiger partial charge in [0.2, 0.25) is 0 Å². The summed E-state index contributed by atoms with van der Waals surface area (Å²) in [6.07, 6.45) is 9.02. The zero-order valence-corrected chi connectivity index (χ0v) is 16.6. The summed E-state index contributed by atoms with van der Waals surface area (Å²) >= 11 is 0. The van der Waals surface area contributed by atoms with Crippen LogP contribution in [0.25, 0.3) is 0 Å². The van der Waals surface area contributed by atoms with E-state index in [0.29, 0.717) is 6.61 Å². The second-order valence-electron chi connectivity index (χ2n) is 6.91. The smallest absolute Gasteiger partial charge is 0.329 e. The molecule has 0 aromatic heterocycles. The van der Waals surface area contributed by atoms with Crippen LogP contribution in [0.5, 0.6) is 0 Å². The highest BCUT2D eigenvalue weighted by Crippen LogP contribution is 2.20. The molecule has 152 valence electrons. The summed E-state index contributed by atoms with van der Waals surface area (Å²) in [6.45, 7) is 5.34. The monoisotopic (exact) mass is 372 g/mol. The second-order valence-corrected chi connectivity index (χ2v) is 6.91. The van der Waals surface area contributed by atoms with Gasteiger partial charge in [0.1, 0.15) is 18.5 Å². The number of carbonyl (C=O) groups excluding carboxylic acids is 2. The zero-order valence-electron chi connectivity index (χ0n) is 16.6. The molecule has 0 aromatic rings. The highest BCUT2D eigenvalue weighted by Gasteiger charge is 2.17. The Morgan fingerprint density at radius 3 is 2.08 bits per heavy atom. The number of ether oxygens (including phenoxy) is 2. The maximum absolute atomic E-state index is 11.8. The second kappa shape index (κ2) is 15.8. The number of hydrogen-bond donors (Lipinski definition) is 1. The molecule has 0 aliphatic rings. The van der Waals surface area contributed by atoms with Crippen molar-refractivity contribution in [2.24, 2.45) is 5.92 Å². The van der Waals surface area contributed by atoms with Gasteiger partial charge < -0.3 is 14.6 Å². The first-order valence-electron chi connectivity index (χ1n) is 9.84. The topological polar surface area (TPSA) is 89.9 Å². The fourth-order valence-electron chi connectivity index (χ4n) is 3.02. The Bertz CT molecular complexity index is 407. The van der Waals surface area contributed by atoms with Gasteiger partial charge in [-0.25, -0.2) is 4.79 Å². The van der Waals surface area contributed by atoms with Crippen molar-refractivity contribution in [3.05, 3.63) is 0 Å². The number of carbonyl (C=O) groups is 3. The first-order chi connectivity index (χ1) is 12.4. The highest BCUT2D eigenvalue weighted by atomic mass is 16.5. The van der Waals surface area contributed by atoms with E-state index < -0.39 is 5.97 Å². The van der Waals surface area contributed by atoms with Gasteiger partial charge in [0, 0.05) is 19.4 Å². The molecule has 6 nitrogen and oxygen atoms in total. The minimum absolute atomic E-state index is 0.0168. The molecule has 0 spiro atoms. The average Bonchev–Trinajstić information content (AvgIpc) is 2.55. The van der Waals surface area contributed by atoms with E-state index in [1.54, 1.807) is 6.92 Å². The number of hydrogen-bond acceptors (Lipinski definition) is 5. The molecule has 0 aromatic carbocycles. The maximum Gasteiger partial charge on any atom is 0.329 e. The van der Waals surface area contributed by atoms with Gasteiger partial charge in [-0.3, -0.25) is 9.59 Å². The van der Waals surface area contributed by atoms with Crippen LogP contribution in [0.1, 0.15) is 85.0 Å². The lowest BCUT2D eigenvalue weighted by molar-refractivity contribution is -0.147. The number of esters is 1. The van der Waals surface area contributed by atoms with Crippen molar-refractivity contribution < 1.29 is 29.0 Å². The Hall–Kier alpha value is -1.43. The molecule has 0 bridgehead atoms. The van der Waals surface area contributed by atoms with Gasteiger partial charge >= 0.3 is 11.9 Å². The van der Waals surface area contributed by atoms with E-state index in [-0.39, 0.29) is 30.4 Å². The van der Waals surface area contributed by atoms with Gasteiger partial charge in [-0.2, -0.15) is 0 Å². The standard InChI is InChI=1S/C20H36O6/c1-4-5-6-12-19(26-17(3)22)13-9-11-18(16(2)21)10-7-8-14-25-15-20(23)24/h18-19H,4-15H2,1-3H3,(H,23,24). The molecular formula is C20H36O6. The van der Waals surface area contributed by atoms with E-state index in [2.05, 4.69) is 6.92 Å². The lowest BCUT2D eigenvalue weighted by Gasteiger charge is -2.19. The summed E-state index contributed by atoms with van der Waals surface area (Å²) < 4.78 is 10.4. The normalized spacial score (nSPS) is 13.2. The lowest BCUT2D eigenvalue weighted by Crippen LogP contribution is -2.18. The van der Waals surface area contributed by atoms with E-state index in [9.17, 15) is 14.4 Å². The van der Waals surface area contributed by atoms with Gasteiger partial charge in [-0.1, -0.05) is 26.2 Å². The molecule has 2 atom stereocenters. The fourth-order valence-corrected chi connectivity index (χ4v) is 3.02. The summed E-state index contributed by atoms with van der Waals surface area (Å²) in [5, 5.41) is 8.49. The Kier molecular flexibility index (Phi) is 14.9. The molecule has 0 aliphatic heterocycles. The van der Waals surface area contributed by atoms with Gasteiger partial charge in [-0.15, -0.1) is 0 Å². The van der Waals surface area contributed by atoms with Crippen molar-refractivity contribution >= 4 is 17.7 Å². The molecule has 26 heavy (non-hydrogen) atoms. The Morgan fingerprint density at radius 1 is 0.885 bits per heavy atom. The van der Waals surface area contributed by atoms with Crippen LogP contribution < -0.4 is 0 Å². The Balaban J connectivity index is 4.09. The Morgan fingerprint density at radius 2 is 1.50 bits per heavy atom. The largest absolute Gasteiger partial charge is 0.480 e. The minimum atomic E-state index is -0.965. The summed E-state index contributed by atoms with van der Waals surface area (Å²) in [7, 11) is 0. The maximum atomic E-state index is 11.8. The molecule has 0 amide bonds. The summed E-state index contributed by atoms with van der Waals surface area (Å²) in [6, 6.07) is 0. The van der Waals surface area contributed by atoms with Gasteiger partial charge in [-0.05, 0) is 51.9 Å². The number of carboxylic acids is 1. The van der Waals surface area contributed by atoms with Crippen molar-refractivity contribution in [1.82, 2.24) is 0 Å². The average molecular weight is 373 g/mol. The predicted octanol–water partition coefficient (Wildman–Crippen LogP) is 4.15. The van der Waals surface area contributed by atoms with Crippen LogP contribution >= 0.6 is 0 Å². The molecule has 1 N–H and O–H groups in total. The van der Waals surface area contributed by atoms with E-state index in [1.807, 2.05) is 0 Å². The highest BCUT2D eigenvalue weighted by molar-refractivity contribution is 5.78. The van der Waals surface area contributed by atoms with Crippen molar-refractivity contribution in [3.8, 4) is 0 Å². The van der Waals surface area contributed by atoms with E-state index in [1.165, 1.54) is 6.92 Å². The van der Waals surface area contributed by atoms with E-state index in [4.69, 9.17) is 14.6 Å². The minimum Gasteiger partial charge on any atom is -0.480 e. The van der Waals surface area contributed by atoms with Crippen molar-refractivity contribution in [2.75, 3.05) is 13.2 Å². The van der Waals surface area contributed by atoms with Crippen LogP contribution in [0.4, 0.5) is 0 Å². The third kappa shape index (κ3) is 14.9. The van der Waals surface area contributed by atoms with Gasteiger partial charge in [0.25, 0.3) is 0 Å². The molecule has 0 saturated heterocycles. The number of unbranched alkanes of at least 4 members (excludes halogenated alkanes) is 3. The number of Topliss-reactive ketones (excluding diaryl/α,β-unsaturated/α-hetero) is 1. The van der Waals surface area contributed by atoms with Crippen LogP contribution in [-0.4, -0.2) is 42.1 Å². The summed E-state index contributed by atoms with van der Waals surface area (Å²) in [5.41, 5.74) is 0. The van der Waals surface area contributed by atoms with Crippen LogP contribution in [-0.2, 0) is 23.9 Å². The summed E-state index contributed by atoms with van der Waals surface area (Å²) in [5.74, 6) is -1.00. The first-order valence-corrected chi connectivity index (χ1v) is 9.84. The number of aliphatic carboxylic acids is 1. The molecule has 0 saturated carbocycles. The van der Waals surface area contributed by atoms with E-state index >= 15 is 0 Å². The molecular weight excluding hydrogens is 336 g/mol. The predicted molar refractivity (Wildman–Crippen MR) is 100 cm³/mol. The molecule has 0 rings (SSSR count). The molecule has 0 aliphatic carbocycles. The van der Waals surface area contributed by atoms with Crippen molar-refractivity contribution in [1.29, 1.82) is 0 Å². The number of carboxylic acid groups (broad SMARTS) is 1. The van der Waals surface area contributed by atoms with Gasteiger partial charge in [0.05, 0.1) is 0 Å². The third-order valence-electron chi connectivity index (χ3n) is 4.43. The first kappa shape index (κ1) is 24.6. The number of rotatable bonds is 17. The fraction of sp³-hybridized carbons (Fsp3) is 0.850. The molecule has 6 heteroatoms. The SMILES string of the molecule is CCCCCC(CCCC(CCCCOCC(=O)O)C(C)=O)OC(C)=O. The molecule has 0 heterocycles. The van der Waals surface area contributed by atoms with Crippen molar-refractivity contribution in [2.45, 2.75) is 91.1 Å². The molecule has 2 unspecified atom stereocenters. The van der Waals surface area contributed by atoms with E-state index in [0.717, 1.165) is 64.2 Å². The lowest BCUT2D eigenvalue weighted by atomic mass is 9.91. The molecule has 0 fully saturated rings. The zero-order chi connectivity index (χ0) is 19.8. The van der Waals surface area contributed by atoms with Crippen LogP contribution in [0, 0.1) is 5.92 Å². The van der Waals surface area contributed by atoms with Crippen molar-refractivity contribution in [3.63, 3.8) is 0 Å². The van der Waals surface area contributed by atoms with Crippen LogP contribution in [0.3, 0.4) is 0 Å². The van der Waals surface area contributed by atoms with Crippen LogP contribution in [0.2, 0.25) is 0 Å². The van der Waals surface area contributed by atoms with Gasteiger partial charge in [0.15, 0.2) is 0 Å². The molecule has 0 radical (unpaired) electrons. The quantitative estimate of drug-likeness (QED) is 0.305.